The summed E-state index contributed by atoms with van der Waals surface area (Å²) in [4.78, 5) is 26.5. The summed E-state index contributed by atoms with van der Waals surface area (Å²) < 4.78 is 10.1. The monoisotopic (exact) mass is 286 g/mol. The molecular formula is C11H14N2O5S. The van der Waals surface area contributed by atoms with Crippen LogP contribution in [0.3, 0.4) is 0 Å². The van der Waals surface area contributed by atoms with E-state index in [-0.39, 0.29) is 17.6 Å². The third-order valence-electron chi connectivity index (χ3n) is 3.02. The normalized spacial score (nSPS) is 22.7. The molecule has 1 aliphatic carbocycles. The number of nitrogens with zero attached hydrogens (tertiary/aromatic N) is 2. The molecule has 1 fully saturated rings. The van der Waals surface area contributed by atoms with E-state index >= 15 is 0 Å². The minimum Gasteiger partial charge on any atom is -0.431 e. The Bertz CT molecular complexity index is 428. The number of carbonyl (C=O) groups excluding carboxylic acids is 1. The maximum absolute atomic E-state index is 11.4. The van der Waals surface area contributed by atoms with E-state index in [0.717, 1.165) is 4.88 Å². The first-order valence-electron chi connectivity index (χ1n) is 5.99. The molecule has 8 heteroatoms. The second-order valence-electron chi connectivity index (χ2n) is 4.34. The van der Waals surface area contributed by atoms with Crippen LogP contribution in [0.4, 0.5) is 4.79 Å². The zero-order chi connectivity index (χ0) is 13.7. The molecule has 0 saturated heterocycles. The van der Waals surface area contributed by atoms with Crippen LogP contribution in [0.1, 0.15) is 30.6 Å². The Morgan fingerprint density at radius 2 is 2.21 bits per heavy atom. The maximum Gasteiger partial charge on any atom is 0.508 e. The number of ether oxygens (including phenoxy) is 2. The van der Waals surface area contributed by atoms with Gasteiger partial charge in [-0.25, -0.2) is 4.79 Å². The van der Waals surface area contributed by atoms with E-state index in [4.69, 9.17) is 9.47 Å². The number of thiazole rings is 1. The van der Waals surface area contributed by atoms with E-state index < -0.39 is 12.2 Å². The van der Waals surface area contributed by atoms with Crippen molar-refractivity contribution in [2.75, 3.05) is 0 Å². The Morgan fingerprint density at radius 3 is 2.79 bits per heavy atom. The molecule has 1 heterocycles. The van der Waals surface area contributed by atoms with Gasteiger partial charge in [0.05, 0.1) is 10.4 Å². The van der Waals surface area contributed by atoms with Gasteiger partial charge in [0, 0.05) is 24.0 Å². The van der Waals surface area contributed by atoms with Crippen LogP contribution >= 0.6 is 11.3 Å². The summed E-state index contributed by atoms with van der Waals surface area (Å²) in [6.45, 7) is 0.147. The summed E-state index contributed by atoms with van der Waals surface area (Å²) in [5, 5.41) is 10.6. The van der Waals surface area contributed by atoms with Crippen LogP contribution in [0, 0.1) is 10.1 Å². The quantitative estimate of drug-likeness (QED) is 0.479. The smallest absolute Gasteiger partial charge is 0.431 e. The molecule has 1 aromatic rings. The molecule has 0 N–H and O–H groups in total. The van der Waals surface area contributed by atoms with Crippen LogP contribution in [0.15, 0.2) is 11.7 Å². The van der Waals surface area contributed by atoms with E-state index in [9.17, 15) is 14.9 Å². The Morgan fingerprint density at radius 1 is 1.47 bits per heavy atom. The number of nitro groups is 1. The highest BCUT2D eigenvalue weighted by atomic mass is 32.1. The van der Waals surface area contributed by atoms with Crippen molar-refractivity contribution in [3.05, 3.63) is 26.7 Å². The molecule has 1 aromatic heterocycles. The number of aromatic nitrogens is 1. The van der Waals surface area contributed by atoms with Gasteiger partial charge >= 0.3 is 6.16 Å². The largest absolute Gasteiger partial charge is 0.508 e. The molecule has 0 aromatic carbocycles. The molecule has 0 amide bonds. The summed E-state index contributed by atoms with van der Waals surface area (Å²) in [5.41, 5.74) is 1.66. The van der Waals surface area contributed by atoms with Crippen molar-refractivity contribution in [2.45, 2.75) is 44.4 Å². The zero-order valence-corrected chi connectivity index (χ0v) is 11.0. The third-order valence-corrected chi connectivity index (χ3v) is 3.77. The van der Waals surface area contributed by atoms with Crippen LogP contribution < -0.4 is 0 Å². The minimum atomic E-state index is -0.724. The average molecular weight is 286 g/mol. The van der Waals surface area contributed by atoms with Crippen molar-refractivity contribution in [1.29, 1.82) is 0 Å². The van der Waals surface area contributed by atoms with Gasteiger partial charge in [0.2, 0.25) is 6.04 Å². The molecule has 0 spiro atoms. The summed E-state index contributed by atoms with van der Waals surface area (Å²) in [6, 6.07) is -0.506. The molecule has 0 aliphatic heterocycles. The molecule has 0 radical (unpaired) electrons. The Kier molecular flexibility index (Phi) is 4.67. The van der Waals surface area contributed by atoms with Gasteiger partial charge < -0.3 is 9.47 Å². The lowest BCUT2D eigenvalue weighted by Gasteiger charge is -2.23. The molecular weight excluding hydrogens is 272 g/mol. The standard InChI is InChI=1S/C11H14N2O5S/c14-11(17-6-10-5-12-7-19-10)18-9-3-1-8(2-4-9)13(15)16/h5,7-9H,1-4,6H2. The first-order valence-corrected chi connectivity index (χ1v) is 6.87. The van der Waals surface area contributed by atoms with E-state index in [1.54, 1.807) is 11.7 Å². The first kappa shape index (κ1) is 13.7. The minimum absolute atomic E-state index is 0.147. The van der Waals surface area contributed by atoms with Gasteiger partial charge in [-0.2, -0.15) is 0 Å². The molecule has 1 aliphatic rings. The van der Waals surface area contributed by atoms with E-state index in [1.807, 2.05) is 0 Å². The number of rotatable bonds is 4. The fourth-order valence-corrected chi connectivity index (χ4v) is 2.49. The highest BCUT2D eigenvalue weighted by molar-refractivity contribution is 7.09. The lowest BCUT2D eigenvalue weighted by Crippen LogP contribution is -2.31. The summed E-state index contributed by atoms with van der Waals surface area (Å²) in [7, 11) is 0. The van der Waals surface area contributed by atoms with Gasteiger partial charge in [0.15, 0.2) is 0 Å². The zero-order valence-electron chi connectivity index (χ0n) is 10.2. The van der Waals surface area contributed by atoms with Gasteiger partial charge in [-0.1, -0.05) is 0 Å². The van der Waals surface area contributed by atoms with Crippen molar-refractivity contribution in [2.24, 2.45) is 0 Å². The molecule has 0 unspecified atom stereocenters. The van der Waals surface area contributed by atoms with E-state index in [2.05, 4.69) is 4.98 Å². The van der Waals surface area contributed by atoms with Gasteiger partial charge in [0.25, 0.3) is 0 Å². The summed E-state index contributed by atoms with van der Waals surface area (Å²) in [5.74, 6) is 0. The second kappa shape index (κ2) is 6.46. The number of hydrogen-bond acceptors (Lipinski definition) is 7. The van der Waals surface area contributed by atoms with Crippen LogP contribution in [0.2, 0.25) is 0 Å². The number of carbonyl (C=O) groups is 1. The molecule has 104 valence electrons. The highest BCUT2D eigenvalue weighted by Crippen LogP contribution is 2.23. The topological polar surface area (TPSA) is 91.6 Å². The maximum atomic E-state index is 11.4. The van der Waals surface area contributed by atoms with E-state index in [1.165, 1.54) is 11.3 Å². The molecule has 2 rings (SSSR count). The van der Waals surface area contributed by atoms with Crippen LogP contribution in [-0.2, 0) is 16.1 Å². The number of hydrogen-bond donors (Lipinski definition) is 0. The highest BCUT2D eigenvalue weighted by Gasteiger charge is 2.30. The molecule has 1 saturated carbocycles. The first-order chi connectivity index (χ1) is 9.15. The van der Waals surface area contributed by atoms with Crippen molar-refractivity contribution in [1.82, 2.24) is 4.98 Å². The summed E-state index contributed by atoms with van der Waals surface area (Å²) in [6.07, 6.45) is 2.55. The van der Waals surface area contributed by atoms with Crippen molar-refractivity contribution in [3.8, 4) is 0 Å². The Hall–Kier alpha value is -1.70. The van der Waals surface area contributed by atoms with Gasteiger partial charge in [-0.05, 0) is 12.8 Å². The Labute approximate surface area is 113 Å². The predicted molar refractivity (Wildman–Crippen MR) is 66.4 cm³/mol. The van der Waals surface area contributed by atoms with Crippen LogP contribution in [0.25, 0.3) is 0 Å². The molecule has 19 heavy (non-hydrogen) atoms. The SMILES string of the molecule is O=C(OCc1cncs1)OC1CCC([N+](=O)[O-])CC1. The molecule has 7 nitrogen and oxygen atoms in total. The van der Waals surface area contributed by atoms with Crippen LogP contribution in [0.5, 0.6) is 0 Å². The fourth-order valence-electron chi connectivity index (χ4n) is 1.99. The van der Waals surface area contributed by atoms with Gasteiger partial charge in [-0.15, -0.1) is 11.3 Å². The molecule has 0 atom stereocenters. The second-order valence-corrected chi connectivity index (χ2v) is 5.31. The van der Waals surface area contributed by atoms with Gasteiger partial charge in [0.1, 0.15) is 12.7 Å². The molecule has 0 bridgehead atoms. The average Bonchev–Trinajstić information content (AvgIpc) is 2.90. The van der Waals surface area contributed by atoms with Crippen molar-refractivity contribution < 1.29 is 19.2 Å². The Balaban J connectivity index is 1.67. The lowest BCUT2D eigenvalue weighted by molar-refractivity contribution is -0.527. The van der Waals surface area contributed by atoms with Crippen molar-refractivity contribution >= 4 is 17.5 Å². The van der Waals surface area contributed by atoms with Crippen molar-refractivity contribution in [3.63, 3.8) is 0 Å². The van der Waals surface area contributed by atoms with Gasteiger partial charge in [-0.3, -0.25) is 15.1 Å². The lowest BCUT2D eigenvalue weighted by atomic mass is 9.93. The summed E-state index contributed by atoms with van der Waals surface area (Å²) >= 11 is 1.40. The predicted octanol–water partition coefficient (Wildman–Crippen LogP) is 2.38. The van der Waals surface area contributed by atoms with Crippen LogP contribution in [-0.4, -0.2) is 28.2 Å². The fraction of sp³-hybridized carbons (Fsp3) is 0.636. The van der Waals surface area contributed by atoms with E-state index in [0.29, 0.717) is 25.7 Å². The third kappa shape index (κ3) is 4.16.